The number of carbonyl (C=O) groups excluding carboxylic acids is 1. The highest BCUT2D eigenvalue weighted by Gasteiger charge is 2.30. The van der Waals surface area contributed by atoms with E-state index in [1.54, 1.807) is 0 Å². The van der Waals surface area contributed by atoms with Gasteiger partial charge in [0.2, 0.25) is 5.91 Å². The summed E-state index contributed by atoms with van der Waals surface area (Å²) >= 11 is 4.80. The largest absolute Gasteiger partial charge is 0.416 e. The Morgan fingerprint density at radius 3 is 2.68 bits per heavy atom. The van der Waals surface area contributed by atoms with Gasteiger partial charge in [0.25, 0.3) is 0 Å². The molecular formula is C17H14BrF3N2OS. The van der Waals surface area contributed by atoms with E-state index < -0.39 is 11.7 Å². The third-order valence-electron chi connectivity index (χ3n) is 3.01. The van der Waals surface area contributed by atoms with Crippen molar-refractivity contribution < 1.29 is 18.0 Å². The van der Waals surface area contributed by atoms with E-state index in [0.717, 1.165) is 22.2 Å². The van der Waals surface area contributed by atoms with Crippen LogP contribution in [-0.4, -0.2) is 17.9 Å². The number of rotatable bonds is 6. The fraction of sp³-hybridized carbons (Fsp3) is 0.176. The first kappa shape index (κ1) is 19.5. The number of nitrogens with zero attached hydrogens (tertiary/aromatic N) is 1. The van der Waals surface area contributed by atoms with Crippen LogP contribution in [0.2, 0.25) is 0 Å². The Balaban J connectivity index is 1.79. The molecule has 0 heterocycles. The SMILES string of the molecule is O=C(CSCc1cccc(Br)c1)N/N=C\c1cccc(C(F)(F)F)c1. The second-order valence-corrected chi connectivity index (χ2v) is 6.94. The van der Waals surface area contributed by atoms with Crippen molar-refractivity contribution in [3.63, 3.8) is 0 Å². The molecule has 0 aliphatic carbocycles. The highest BCUT2D eigenvalue weighted by Crippen LogP contribution is 2.29. The molecule has 0 bridgehead atoms. The van der Waals surface area contributed by atoms with Crippen molar-refractivity contribution in [1.29, 1.82) is 0 Å². The first-order valence-electron chi connectivity index (χ1n) is 7.16. The van der Waals surface area contributed by atoms with Gasteiger partial charge < -0.3 is 0 Å². The van der Waals surface area contributed by atoms with E-state index in [1.165, 1.54) is 30.1 Å². The van der Waals surface area contributed by atoms with Crippen LogP contribution in [0.25, 0.3) is 0 Å². The number of thioether (sulfide) groups is 1. The van der Waals surface area contributed by atoms with Gasteiger partial charge in [0.05, 0.1) is 17.5 Å². The molecule has 0 aromatic heterocycles. The highest BCUT2D eigenvalue weighted by molar-refractivity contribution is 9.10. The lowest BCUT2D eigenvalue weighted by Crippen LogP contribution is -2.19. The number of halogens is 4. The third-order valence-corrected chi connectivity index (χ3v) is 4.50. The minimum atomic E-state index is -4.41. The smallest absolute Gasteiger partial charge is 0.272 e. The maximum Gasteiger partial charge on any atom is 0.416 e. The van der Waals surface area contributed by atoms with Gasteiger partial charge in [0, 0.05) is 10.2 Å². The molecule has 1 N–H and O–H groups in total. The van der Waals surface area contributed by atoms with Crippen molar-refractivity contribution in [2.75, 3.05) is 5.75 Å². The van der Waals surface area contributed by atoms with Gasteiger partial charge in [-0.3, -0.25) is 4.79 Å². The van der Waals surface area contributed by atoms with E-state index in [-0.39, 0.29) is 17.2 Å². The molecule has 2 aromatic rings. The van der Waals surface area contributed by atoms with Gasteiger partial charge in [-0.15, -0.1) is 11.8 Å². The Morgan fingerprint density at radius 2 is 1.96 bits per heavy atom. The Bertz CT molecular complexity index is 766. The van der Waals surface area contributed by atoms with Crippen LogP contribution in [-0.2, 0) is 16.7 Å². The molecule has 25 heavy (non-hydrogen) atoms. The minimum absolute atomic E-state index is 0.201. The lowest BCUT2D eigenvalue weighted by molar-refractivity contribution is -0.137. The molecule has 8 heteroatoms. The standard InChI is InChI=1S/C17H14BrF3N2OS/c18-15-6-2-4-13(8-15)10-25-11-16(24)23-22-9-12-3-1-5-14(7-12)17(19,20)21/h1-9H,10-11H2,(H,23,24)/b22-9-. The molecule has 0 spiro atoms. The van der Waals surface area contributed by atoms with E-state index >= 15 is 0 Å². The summed E-state index contributed by atoms with van der Waals surface area (Å²) in [6.45, 7) is 0. The minimum Gasteiger partial charge on any atom is -0.272 e. The van der Waals surface area contributed by atoms with Crippen LogP contribution in [0.3, 0.4) is 0 Å². The summed E-state index contributed by atoms with van der Waals surface area (Å²) in [5.74, 6) is 0.555. The second kappa shape index (κ2) is 9.05. The summed E-state index contributed by atoms with van der Waals surface area (Å²) in [4.78, 5) is 11.7. The van der Waals surface area contributed by atoms with Gasteiger partial charge in [-0.2, -0.15) is 18.3 Å². The summed E-state index contributed by atoms with van der Waals surface area (Å²) < 4.78 is 38.8. The van der Waals surface area contributed by atoms with Crippen LogP contribution in [0.5, 0.6) is 0 Å². The van der Waals surface area contributed by atoms with Gasteiger partial charge in [0.15, 0.2) is 0 Å². The summed E-state index contributed by atoms with van der Waals surface area (Å²) in [5, 5.41) is 3.69. The van der Waals surface area contributed by atoms with Crippen molar-refractivity contribution in [1.82, 2.24) is 5.43 Å². The molecule has 0 atom stereocenters. The zero-order valence-electron chi connectivity index (χ0n) is 12.9. The average Bonchev–Trinajstić information content (AvgIpc) is 2.54. The van der Waals surface area contributed by atoms with Crippen LogP contribution in [0.15, 0.2) is 58.1 Å². The molecule has 3 nitrogen and oxygen atoms in total. The maximum atomic E-state index is 12.6. The summed E-state index contributed by atoms with van der Waals surface area (Å²) in [6, 6.07) is 12.5. The normalized spacial score (nSPS) is 11.7. The van der Waals surface area contributed by atoms with E-state index in [9.17, 15) is 18.0 Å². The number of hydrazone groups is 1. The van der Waals surface area contributed by atoms with E-state index in [0.29, 0.717) is 5.75 Å². The van der Waals surface area contributed by atoms with Crippen LogP contribution in [0, 0.1) is 0 Å². The first-order chi connectivity index (χ1) is 11.8. The molecule has 0 unspecified atom stereocenters. The van der Waals surface area contributed by atoms with Crippen LogP contribution in [0.1, 0.15) is 16.7 Å². The molecule has 0 saturated carbocycles. The predicted molar refractivity (Wildman–Crippen MR) is 97.5 cm³/mol. The van der Waals surface area contributed by atoms with E-state index in [2.05, 4.69) is 26.5 Å². The number of carbonyl (C=O) groups is 1. The number of alkyl halides is 3. The molecular weight excluding hydrogens is 417 g/mol. The van der Waals surface area contributed by atoms with Crippen molar-refractivity contribution >= 4 is 39.8 Å². The first-order valence-corrected chi connectivity index (χ1v) is 9.11. The summed E-state index contributed by atoms with van der Waals surface area (Å²) in [5.41, 5.74) is 2.89. The second-order valence-electron chi connectivity index (χ2n) is 5.04. The molecule has 2 aromatic carbocycles. The molecule has 0 aliphatic rings. The molecule has 1 amide bonds. The number of nitrogens with one attached hydrogen (secondary N) is 1. The molecule has 0 aliphatic heterocycles. The fourth-order valence-electron chi connectivity index (χ4n) is 1.89. The third kappa shape index (κ3) is 6.91. The number of hydrogen-bond donors (Lipinski definition) is 1. The molecule has 0 radical (unpaired) electrons. The fourth-order valence-corrected chi connectivity index (χ4v) is 3.11. The summed E-state index contributed by atoms with van der Waals surface area (Å²) in [6.07, 6.45) is -3.22. The van der Waals surface area contributed by atoms with Gasteiger partial charge in [0.1, 0.15) is 0 Å². The zero-order valence-corrected chi connectivity index (χ0v) is 15.3. The van der Waals surface area contributed by atoms with Crippen LogP contribution >= 0.6 is 27.7 Å². The predicted octanol–water partition coefficient (Wildman–Crippen LogP) is 4.85. The Kier molecular flexibility index (Phi) is 7.07. The molecule has 2 rings (SSSR count). The quantitative estimate of drug-likeness (QED) is 0.525. The lowest BCUT2D eigenvalue weighted by Gasteiger charge is -2.06. The highest BCUT2D eigenvalue weighted by atomic mass is 79.9. The Labute approximate surface area is 155 Å². The maximum absolute atomic E-state index is 12.6. The number of hydrogen-bond acceptors (Lipinski definition) is 3. The average molecular weight is 431 g/mol. The van der Waals surface area contributed by atoms with E-state index in [4.69, 9.17) is 0 Å². The monoisotopic (exact) mass is 430 g/mol. The van der Waals surface area contributed by atoms with Crippen molar-refractivity contribution in [2.45, 2.75) is 11.9 Å². The number of benzene rings is 2. The van der Waals surface area contributed by atoms with E-state index in [1.807, 2.05) is 24.3 Å². The van der Waals surface area contributed by atoms with Gasteiger partial charge >= 0.3 is 6.18 Å². The zero-order chi connectivity index (χ0) is 18.3. The topological polar surface area (TPSA) is 41.5 Å². The van der Waals surface area contributed by atoms with Crippen molar-refractivity contribution in [3.8, 4) is 0 Å². The molecule has 0 fully saturated rings. The van der Waals surface area contributed by atoms with Gasteiger partial charge in [-0.25, -0.2) is 5.43 Å². The lowest BCUT2D eigenvalue weighted by atomic mass is 10.1. The van der Waals surface area contributed by atoms with Crippen molar-refractivity contribution in [2.24, 2.45) is 5.10 Å². The Hall–Kier alpha value is -1.80. The molecule has 132 valence electrons. The van der Waals surface area contributed by atoms with Gasteiger partial charge in [-0.1, -0.05) is 40.2 Å². The molecule has 0 saturated heterocycles. The summed E-state index contributed by atoms with van der Waals surface area (Å²) in [7, 11) is 0. The van der Waals surface area contributed by atoms with Crippen LogP contribution in [0.4, 0.5) is 13.2 Å². The van der Waals surface area contributed by atoms with Gasteiger partial charge in [-0.05, 0) is 35.4 Å². The number of amides is 1. The van der Waals surface area contributed by atoms with Crippen molar-refractivity contribution in [3.05, 3.63) is 69.7 Å². The van der Waals surface area contributed by atoms with Crippen LogP contribution < -0.4 is 5.43 Å². The Morgan fingerprint density at radius 1 is 1.20 bits per heavy atom.